The minimum Gasteiger partial charge on any atom is -0.345 e. The fraction of sp³-hybridized carbons (Fsp3) is 0.455. The number of piperazine rings is 1. The quantitative estimate of drug-likeness (QED) is 0.513. The number of anilines is 1. The van der Waals surface area contributed by atoms with Gasteiger partial charge in [-0.15, -0.1) is 11.3 Å². The number of amides is 1. The zero-order valence-electron chi connectivity index (χ0n) is 18.5. The minimum atomic E-state index is -3.73. The molecule has 0 spiro atoms. The maximum atomic E-state index is 13.3. The first-order valence-corrected chi connectivity index (χ1v) is 14.4. The van der Waals surface area contributed by atoms with Gasteiger partial charge in [0.2, 0.25) is 5.91 Å². The second kappa shape index (κ2) is 8.81. The molecular weight excluding hydrogens is 500 g/mol. The average molecular weight is 525 g/mol. The standard InChI is InChI=1S/C22H25ClN4O3S3/c1-14-5-6-17-20(15(14)2)24-22(31-17)26-12-10-25(11-13-26)21(28)16-4-3-9-27(16)33(29,30)19-8-7-18(23)32-19/h5-8,16H,3-4,9-13H2,1-2H3. The molecule has 0 N–H and O–H groups in total. The molecule has 1 aromatic carbocycles. The first-order chi connectivity index (χ1) is 15.8. The van der Waals surface area contributed by atoms with Crippen LogP contribution in [-0.4, -0.2) is 67.3 Å². The van der Waals surface area contributed by atoms with Gasteiger partial charge in [-0.25, -0.2) is 13.4 Å². The predicted molar refractivity (Wildman–Crippen MR) is 134 cm³/mol. The number of rotatable bonds is 4. The molecule has 2 aromatic heterocycles. The van der Waals surface area contributed by atoms with E-state index >= 15 is 0 Å². The molecule has 1 amide bonds. The molecule has 4 heterocycles. The molecule has 2 aliphatic heterocycles. The second-order valence-electron chi connectivity index (χ2n) is 8.50. The molecule has 5 rings (SSSR count). The summed E-state index contributed by atoms with van der Waals surface area (Å²) < 4.78 is 29.4. The van der Waals surface area contributed by atoms with E-state index in [-0.39, 0.29) is 10.1 Å². The molecule has 0 radical (unpaired) electrons. The number of aromatic nitrogens is 1. The number of hydrogen-bond acceptors (Lipinski definition) is 7. The highest BCUT2D eigenvalue weighted by molar-refractivity contribution is 7.91. The summed E-state index contributed by atoms with van der Waals surface area (Å²) in [6, 6.07) is 6.70. The van der Waals surface area contributed by atoms with Crippen LogP contribution in [-0.2, 0) is 14.8 Å². The van der Waals surface area contributed by atoms with Gasteiger partial charge in [0.15, 0.2) is 5.13 Å². The van der Waals surface area contributed by atoms with Crippen LogP contribution in [0.25, 0.3) is 10.2 Å². The number of benzene rings is 1. The second-order valence-corrected chi connectivity index (χ2v) is 13.3. The Labute approximate surface area is 206 Å². The van der Waals surface area contributed by atoms with E-state index in [4.69, 9.17) is 16.6 Å². The van der Waals surface area contributed by atoms with Gasteiger partial charge in [0, 0.05) is 32.7 Å². The smallest absolute Gasteiger partial charge is 0.253 e. The Morgan fingerprint density at radius 1 is 1.06 bits per heavy atom. The lowest BCUT2D eigenvalue weighted by atomic mass is 10.1. The Morgan fingerprint density at radius 3 is 2.52 bits per heavy atom. The summed E-state index contributed by atoms with van der Waals surface area (Å²) in [6.45, 7) is 7.04. The Hall–Kier alpha value is -1.72. The van der Waals surface area contributed by atoms with Gasteiger partial charge >= 0.3 is 0 Å². The van der Waals surface area contributed by atoms with Crippen LogP contribution in [0, 0.1) is 13.8 Å². The number of thiazole rings is 1. The van der Waals surface area contributed by atoms with Gasteiger partial charge in [0.1, 0.15) is 10.3 Å². The highest BCUT2D eigenvalue weighted by Gasteiger charge is 2.42. The van der Waals surface area contributed by atoms with Crippen molar-refractivity contribution < 1.29 is 13.2 Å². The zero-order chi connectivity index (χ0) is 23.3. The third-order valence-electron chi connectivity index (χ3n) is 6.54. The molecule has 1 unspecified atom stereocenters. The van der Waals surface area contributed by atoms with Crippen LogP contribution in [0.4, 0.5) is 5.13 Å². The van der Waals surface area contributed by atoms with Crippen molar-refractivity contribution in [2.24, 2.45) is 0 Å². The Bertz CT molecular complexity index is 1310. The van der Waals surface area contributed by atoms with Crippen LogP contribution < -0.4 is 4.90 Å². The maximum absolute atomic E-state index is 13.3. The van der Waals surface area contributed by atoms with Crippen LogP contribution in [0.15, 0.2) is 28.5 Å². The van der Waals surface area contributed by atoms with E-state index in [2.05, 4.69) is 30.9 Å². The monoisotopic (exact) mass is 524 g/mol. The summed E-state index contributed by atoms with van der Waals surface area (Å²) in [5, 5.41) is 0.977. The third kappa shape index (κ3) is 4.16. The molecule has 0 aliphatic carbocycles. The summed E-state index contributed by atoms with van der Waals surface area (Å²) in [7, 11) is -3.73. The lowest BCUT2D eigenvalue weighted by Crippen LogP contribution is -2.54. The summed E-state index contributed by atoms with van der Waals surface area (Å²) >= 11 is 8.66. The lowest BCUT2D eigenvalue weighted by Gasteiger charge is -2.37. The number of aryl methyl sites for hydroxylation is 2. The Balaban J connectivity index is 1.28. The number of carbonyl (C=O) groups excluding carboxylic acids is 1. The molecule has 176 valence electrons. The van der Waals surface area contributed by atoms with Crippen molar-refractivity contribution in [3.05, 3.63) is 39.7 Å². The number of thiophene rings is 1. The van der Waals surface area contributed by atoms with Crippen molar-refractivity contribution in [3.8, 4) is 0 Å². The fourth-order valence-electron chi connectivity index (χ4n) is 4.50. The number of sulfonamides is 1. The first kappa shape index (κ1) is 23.0. The van der Waals surface area contributed by atoms with E-state index in [0.717, 1.165) is 22.0 Å². The van der Waals surface area contributed by atoms with Crippen molar-refractivity contribution in [1.29, 1.82) is 0 Å². The van der Waals surface area contributed by atoms with Crippen molar-refractivity contribution in [1.82, 2.24) is 14.2 Å². The van der Waals surface area contributed by atoms with Gasteiger partial charge in [-0.05, 0) is 56.0 Å². The molecule has 11 heteroatoms. The van der Waals surface area contributed by atoms with Crippen molar-refractivity contribution in [2.45, 2.75) is 36.9 Å². The molecule has 33 heavy (non-hydrogen) atoms. The number of carbonyl (C=O) groups is 1. The van der Waals surface area contributed by atoms with E-state index in [1.165, 1.54) is 26.2 Å². The Kier molecular flexibility index (Phi) is 6.15. The van der Waals surface area contributed by atoms with Gasteiger partial charge < -0.3 is 9.80 Å². The molecule has 7 nitrogen and oxygen atoms in total. The van der Waals surface area contributed by atoms with E-state index in [1.807, 2.05) is 0 Å². The maximum Gasteiger partial charge on any atom is 0.253 e. The van der Waals surface area contributed by atoms with Gasteiger partial charge in [-0.2, -0.15) is 4.31 Å². The molecule has 3 aromatic rings. The van der Waals surface area contributed by atoms with Crippen LogP contribution in [0.1, 0.15) is 24.0 Å². The van der Waals surface area contributed by atoms with Gasteiger partial charge in [-0.3, -0.25) is 4.79 Å². The summed E-state index contributed by atoms with van der Waals surface area (Å²) in [5.74, 6) is -0.103. The van der Waals surface area contributed by atoms with Crippen LogP contribution in [0.3, 0.4) is 0 Å². The molecule has 2 fully saturated rings. The van der Waals surface area contributed by atoms with Crippen molar-refractivity contribution >= 4 is 65.6 Å². The summed E-state index contributed by atoms with van der Waals surface area (Å²) in [5.41, 5.74) is 3.49. The summed E-state index contributed by atoms with van der Waals surface area (Å²) in [6.07, 6.45) is 1.23. The van der Waals surface area contributed by atoms with Gasteiger partial charge in [0.25, 0.3) is 10.0 Å². The fourth-order valence-corrected chi connectivity index (χ4v) is 8.84. The number of nitrogens with zero attached hydrogens (tertiary/aromatic N) is 4. The summed E-state index contributed by atoms with van der Waals surface area (Å²) in [4.78, 5) is 22.2. The largest absolute Gasteiger partial charge is 0.345 e. The van der Waals surface area contributed by atoms with Crippen LogP contribution >= 0.6 is 34.3 Å². The lowest BCUT2D eigenvalue weighted by molar-refractivity contribution is -0.134. The molecule has 1 atom stereocenters. The minimum absolute atomic E-state index is 0.103. The van der Waals surface area contributed by atoms with Gasteiger partial charge in [-0.1, -0.05) is 29.0 Å². The van der Waals surface area contributed by atoms with Crippen LogP contribution in [0.5, 0.6) is 0 Å². The highest BCUT2D eigenvalue weighted by Crippen LogP contribution is 2.34. The molecule has 0 saturated carbocycles. The normalized spacial score (nSPS) is 20.2. The average Bonchev–Trinajstić information content (AvgIpc) is 3.55. The SMILES string of the molecule is Cc1ccc2sc(N3CCN(C(=O)C4CCCN4S(=O)(=O)c4ccc(Cl)s4)CC3)nc2c1C. The molecular formula is C22H25ClN4O3S3. The third-order valence-corrected chi connectivity index (χ3v) is 11.2. The van der Waals surface area contributed by atoms with Crippen molar-refractivity contribution in [3.63, 3.8) is 0 Å². The topological polar surface area (TPSA) is 73.8 Å². The highest BCUT2D eigenvalue weighted by atomic mass is 35.5. The zero-order valence-corrected chi connectivity index (χ0v) is 21.7. The first-order valence-electron chi connectivity index (χ1n) is 10.9. The van der Waals surface area contributed by atoms with Crippen LogP contribution in [0.2, 0.25) is 4.34 Å². The van der Waals surface area contributed by atoms with Crippen molar-refractivity contribution in [2.75, 3.05) is 37.6 Å². The molecule has 2 saturated heterocycles. The van der Waals surface area contributed by atoms with E-state index < -0.39 is 16.1 Å². The number of hydrogen-bond donors (Lipinski definition) is 0. The number of halogens is 1. The molecule has 0 bridgehead atoms. The van der Waals surface area contributed by atoms with E-state index in [9.17, 15) is 13.2 Å². The predicted octanol–water partition coefficient (Wildman–Crippen LogP) is 4.13. The van der Waals surface area contributed by atoms with Gasteiger partial charge in [0.05, 0.1) is 14.6 Å². The van der Waals surface area contributed by atoms with E-state index in [1.54, 1.807) is 22.3 Å². The molecule has 2 aliphatic rings. The van der Waals surface area contributed by atoms with E-state index in [0.29, 0.717) is 49.9 Å². The number of fused-ring (bicyclic) bond motifs is 1. The Morgan fingerprint density at radius 2 is 1.82 bits per heavy atom.